The van der Waals surface area contributed by atoms with Crippen LogP contribution in [-0.4, -0.2) is 17.2 Å². The molecule has 0 saturated heterocycles. The monoisotopic (exact) mass is 281 g/mol. The fourth-order valence-electron chi connectivity index (χ4n) is 1.65. The van der Waals surface area contributed by atoms with Gasteiger partial charge in [0.1, 0.15) is 5.75 Å². The van der Waals surface area contributed by atoms with Gasteiger partial charge in [0, 0.05) is 23.6 Å². The van der Waals surface area contributed by atoms with Gasteiger partial charge in [-0.2, -0.15) is 0 Å². The molecule has 1 N–H and O–H groups in total. The largest absolute Gasteiger partial charge is 0.483 e. The molecule has 2 aromatic rings. The summed E-state index contributed by atoms with van der Waals surface area (Å²) in [6, 6.07) is 5.51. The average Bonchev–Trinajstić information content (AvgIpc) is 2.86. The molecule has 0 aliphatic heterocycles. The Kier molecular flexibility index (Phi) is 4.76. The number of benzene rings is 1. The first-order valence-electron chi connectivity index (χ1n) is 6.10. The maximum absolute atomic E-state index is 5.97. The third kappa shape index (κ3) is 3.68. The summed E-state index contributed by atoms with van der Waals surface area (Å²) < 4.78 is 11.1. The highest BCUT2D eigenvalue weighted by Crippen LogP contribution is 2.23. The van der Waals surface area contributed by atoms with Crippen LogP contribution in [0.2, 0.25) is 5.02 Å². The Morgan fingerprint density at radius 3 is 2.79 bits per heavy atom. The Morgan fingerprint density at radius 1 is 1.32 bits per heavy atom. The predicted molar refractivity (Wildman–Crippen MR) is 72.2 cm³/mol. The van der Waals surface area contributed by atoms with Crippen LogP contribution in [0.5, 0.6) is 5.75 Å². The van der Waals surface area contributed by atoms with Crippen LogP contribution >= 0.6 is 11.6 Å². The van der Waals surface area contributed by atoms with E-state index in [0.29, 0.717) is 23.3 Å². The van der Waals surface area contributed by atoms with Crippen LogP contribution in [0, 0.1) is 0 Å². The number of halogens is 1. The molecule has 0 atom stereocenters. The molecule has 0 unspecified atom stereocenters. The Morgan fingerprint density at radius 2 is 2.11 bits per heavy atom. The summed E-state index contributed by atoms with van der Waals surface area (Å²) in [4.78, 5) is 0. The molecular formula is C13H16ClN3O2. The summed E-state index contributed by atoms with van der Waals surface area (Å²) in [6.45, 7) is 2.90. The van der Waals surface area contributed by atoms with Crippen molar-refractivity contribution in [3.63, 3.8) is 0 Å². The molecular weight excluding hydrogens is 266 g/mol. The van der Waals surface area contributed by atoms with E-state index in [4.69, 9.17) is 20.8 Å². The van der Waals surface area contributed by atoms with Gasteiger partial charge in [-0.15, -0.1) is 10.2 Å². The highest BCUT2D eigenvalue weighted by Gasteiger charge is 2.08. The minimum absolute atomic E-state index is 0.255. The van der Waals surface area contributed by atoms with Crippen molar-refractivity contribution in [3.05, 3.63) is 40.6 Å². The van der Waals surface area contributed by atoms with Crippen molar-refractivity contribution in [3.8, 4) is 5.75 Å². The van der Waals surface area contributed by atoms with E-state index in [9.17, 15) is 0 Å². The third-order valence-electron chi connectivity index (χ3n) is 2.55. The second kappa shape index (κ2) is 6.54. The van der Waals surface area contributed by atoms with E-state index in [1.165, 1.54) is 0 Å². The van der Waals surface area contributed by atoms with Gasteiger partial charge in [0.15, 0.2) is 6.61 Å². The van der Waals surface area contributed by atoms with Gasteiger partial charge in [0.05, 0.1) is 0 Å². The topological polar surface area (TPSA) is 60.2 Å². The second-order valence-electron chi connectivity index (χ2n) is 4.01. The first-order chi connectivity index (χ1) is 9.22. The summed E-state index contributed by atoms with van der Waals surface area (Å²) in [6.07, 6.45) is 0.721. The van der Waals surface area contributed by atoms with E-state index in [-0.39, 0.29) is 6.61 Å². The molecule has 5 nitrogen and oxygen atoms in total. The molecule has 0 amide bonds. The van der Waals surface area contributed by atoms with E-state index in [2.05, 4.69) is 15.5 Å². The van der Waals surface area contributed by atoms with Crippen molar-refractivity contribution in [2.45, 2.75) is 26.5 Å². The standard InChI is InChI=1S/C13H16ClN3O2/c1-3-12-16-17-13(19-12)8-18-11-5-4-10(14)6-9(11)7-15-2/h4-6,15H,3,7-8H2,1-2H3. The minimum atomic E-state index is 0.255. The van der Waals surface area contributed by atoms with E-state index >= 15 is 0 Å². The van der Waals surface area contributed by atoms with Gasteiger partial charge in [-0.05, 0) is 25.2 Å². The normalized spacial score (nSPS) is 10.7. The number of nitrogens with zero attached hydrogens (tertiary/aromatic N) is 2. The lowest BCUT2D eigenvalue weighted by Crippen LogP contribution is -2.07. The summed E-state index contributed by atoms with van der Waals surface area (Å²) in [5.41, 5.74) is 0.991. The molecule has 6 heteroatoms. The highest BCUT2D eigenvalue weighted by atomic mass is 35.5. The van der Waals surface area contributed by atoms with E-state index in [1.54, 1.807) is 6.07 Å². The quantitative estimate of drug-likeness (QED) is 0.882. The van der Waals surface area contributed by atoms with Gasteiger partial charge in [-0.3, -0.25) is 0 Å². The van der Waals surface area contributed by atoms with Crippen molar-refractivity contribution >= 4 is 11.6 Å². The molecule has 0 fully saturated rings. The first kappa shape index (κ1) is 13.8. The van der Waals surface area contributed by atoms with Crippen LogP contribution in [0.3, 0.4) is 0 Å². The summed E-state index contributed by atoms with van der Waals surface area (Å²) in [5, 5.41) is 11.6. The fourth-order valence-corrected chi connectivity index (χ4v) is 1.84. The lowest BCUT2D eigenvalue weighted by atomic mass is 10.2. The van der Waals surface area contributed by atoms with Gasteiger partial charge in [-0.1, -0.05) is 18.5 Å². The van der Waals surface area contributed by atoms with Crippen molar-refractivity contribution in [2.24, 2.45) is 0 Å². The Labute approximate surface area is 116 Å². The second-order valence-corrected chi connectivity index (χ2v) is 4.45. The molecule has 0 aliphatic carbocycles. The number of aryl methyl sites for hydroxylation is 1. The maximum atomic E-state index is 5.97. The van der Waals surface area contributed by atoms with Crippen LogP contribution in [0.4, 0.5) is 0 Å². The van der Waals surface area contributed by atoms with Crippen molar-refractivity contribution < 1.29 is 9.15 Å². The maximum Gasteiger partial charge on any atom is 0.253 e. The highest BCUT2D eigenvalue weighted by molar-refractivity contribution is 6.30. The molecule has 0 radical (unpaired) electrons. The molecule has 19 heavy (non-hydrogen) atoms. The van der Waals surface area contributed by atoms with E-state index < -0.39 is 0 Å². The van der Waals surface area contributed by atoms with Crippen LogP contribution in [0.15, 0.2) is 22.6 Å². The Hall–Kier alpha value is -1.59. The van der Waals surface area contributed by atoms with Gasteiger partial charge in [-0.25, -0.2) is 0 Å². The molecule has 1 aromatic heterocycles. The average molecular weight is 282 g/mol. The SMILES string of the molecule is CCc1nnc(COc2ccc(Cl)cc2CNC)o1. The van der Waals surface area contributed by atoms with E-state index in [0.717, 1.165) is 17.7 Å². The molecule has 2 rings (SSSR count). The Balaban J connectivity index is 2.05. The third-order valence-corrected chi connectivity index (χ3v) is 2.79. The predicted octanol–water partition coefficient (Wildman–Crippen LogP) is 2.58. The number of rotatable bonds is 6. The smallest absolute Gasteiger partial charge is 0.253 e. The summed E-state index contributed by atoms with van der Waals surface area (Å²) in [5.74, 6) is 1.85. The van der Waals surface area contributed by atoms with Crippen molar-refractivity contribution in [1.29, 1.82) is 0 Å². The molecule has 1 aromatic carbocycles. The first-order valence-corrected chi connectivity index (χ1v) is 6.47. The fraction of sp³-hybridized carbons (Fsp3) is 0.385. The van der Waals surface area contributed by atoms with Gasteiger partial charge in [0.25, 0.3) is 5.89 Å². The number of hydrogen-bond acceptors (Lipinski definition) is 5. The van der Waals surface area contributed by atoms with Crippen LogP contribution in [0.1, 0.15) is 24.3 Å². The van der Waals surface area contributed by atoms with Crippen LogP contribution in [-0.2, 0) is 19.6 Å². The van der Waals surface area contributed by atoms with Gasteiger partial charge in [0.2, 0.25) is 5.89 Å². The zero-order valence-corrected chi connectivity index (χ0v) is 11.7. The lowest BCUT2D eigenvalue weighted by Gasteiger charge is -2.10. The number of hydrogen-bond donors (Lipinski definition) is 1. The summed E-state index contributed by atoms with van der Waals surface area (Å²) >= 11 is 5.97. The number of nitrogens with one attached hydrogen (secondary N) is 1. The lowest BCUT2D eigenvalue weighted by molar-refractivity contribution is 0.256. The van der Waals surface area contributed by atoms with Gasteiger partial charge >= 0.3 is 0 Å². The molecule has 0 spiro atoms. The van der Waals surface area contributed by atoms with Crippen LogP contribution in [0.25, 0.3) is 0 Å². The zero-order chi connectivity index (χ0) is 13.7. The van der Waals surface area contributed by atoms with E-state index in [1.807, 2.05) is 26.1 Å². The van der Waals surface area contributed by atoms with Crippen molar-refractivity contribution in [2.75, 3.05) is 7.05 Å². The number of aromatic nitrogens is 2. The molecule has 102 valence electrons. The minimum Gasteiger partial charge on any atom is -0.483 e. The number of ether oxygens (including phenoxy) is 1. The van der Waals surface area contributed by atoms with Gasteiger partial charge < -0.3 is 14.5 Å². The van der Waals surface area contributed by atoms with Crippen molar-refractivity contribution in [1.82, 2.24) is 15.5 Å². The Bertz CT molecular complexity index is 542. The molecule has 0 aliphatic rings. The summed E-state index contributed by atoms with van der Waals surface area (Å²) in [7, 11) is 1.87. The molecule has 1 heterocycles. The molecule has 0 bridgehead atoms. The zero-order valence-electron chi connectivity index (χ0n) is 10.9. The van der Waals surface area contributed by atoms with Crippen LogP contribution < -0.4 is 10.1 Å². The molecule has 0 saturated carbocycles.